The first kappa shape index (κ1) is 19.9. The van der Waals surface area contributed by atoms with E-state index in [-0.39, 0.29) is 12.0 Å². The smallest absolute Gasteiger partial charge is 0.119 e. The molecule has 1 aliphatic carbocycles. The fraction of sp³-hybridized carbons (Fsp3) is 0.478. The predicted molar refractivity (Wildman–Crippen MR) is 108 cm³/mol. The summed E-state index contributed by atoms with van der Waals surface area (Å²) in [6.45, 7) is 1.44. The lowest BCUT2D eigenvalue weighted by Gasteiger charge is -2.44. The number of hydrogen-bond donors (Lipinski definition) is 1. The molecule has 0 heterocycles. The number of nitrogens with zero attached hydrogens (tertiary/aromatic N) is 1. The second-order valence-corrected chi connectivity index (χ2v) is 7.81. The van der Waals surface area contributed by atoms with Crippen molar-refractivity contribution in [3.05, 3.63) is 65.7 Å². The van der Waals surface area contributed by atoms with E-state index in [4.69, 9.17) is 9.47 Å². The lowest BCUT2D eigenvalue weighted by Crippen LogP contribution is -2.46. The van der Waals surface area contributed by atoms with Crippen LogP contribution >= 0.6 is 0 Å². The molecule has 0 saturated heterocycles. The summed E-state index contributed by atoms with van der Waals surface area (Å²) in [6.07, 6.45) is 2.56. The maximum absolute atomic E-state index is 11.6. The second kappa shape index (κ2) is 8.87. The Balaban J connectivity index is 1.74. The van der Waals surface area contributed by atoms with Gasteiger partial charge in [0.15, 0.2) is 0 Å². The van der Waals surface area contributed by atoms with E-state index in [1.54, 1.807) is 7.11 Å². The van der Waals surface area contributed by atoms with Gasteiger partial charge in [-0.05, 0) is 56.6 Å². The minimum absolute atomic E-state index is 0.106. The molecule has 0 aromatic heterocycles. The number of aliphatic hydroxyl groups is 1. The van der Waals surface area contributed by atoms with Gasteiger partial charge in [0, 0.05) is 12.5 Å². The van der Waals surface area contributed by atoms with Crippen LogP contribution in [0.3, 0.4) is 0 Å². The van der Waals surface area contributed by atoms with E-state index >= 15 is 0 Å². The third-order valence-corrected chi connectivity index (χ3v) is 5.55. The maximum atomic E-state index is 11.6. The van der Waals surface area contributed by atoms with Crippen molar-refractivity contribution in [2.45, 2.75) is 37.6 Å². The number of benzene rings is 2. The van der Waals surface area contributed by atoms with Gasteiger partial charge in [0.2, 0.25) is 0 Å². The summed E-state index contributed by atoms with van der Waals surface area (Å²) in [5, 5.41) is 11.6. The van der Waals surface area contributed by atoms with Gasteiger partial charge in [0.05, 0.1) is 25.4 Å². The first-order chi connectivity index (χ1) is 13.0. The minimum atomic E-state index is -0.856. The Bertz CT molecular complexity index is 719. The van der Waals surface area contributed by atoms with Crippen molar-refractivity contribution in [3.8, 4) is 5.75 Å². The van der Waals surface area contributed by atoms with E-state index in [1.165, 1.54) is 5.56 Å². The van der Waals surface area contributed by atoms with Crippen LogP contribution in [0.5, 0.6) is 5.75 Å². The molecule has 1 fully saturated rings. The van der Waals surface area contributed by atoms with Crippen LogP contribution in [0.4, 0.5) is 0 Å². The van der Waals surface area contributed by atoms with E-state index in [0.29, 0.717) is 13.0 Å². The van der Waals surface area contributed by atoms with E-state index in [1.807, 2.05) is 42.5 Å². The molecule has 0 radical (unpaired) electrons. The van der Waals surface area contributed by atoms with Crippen LogP contribution in [0, 0.1) is 5.92 Å². The van der Waals surface area contributed by atoms with Gasteiger partial charge in [-0.3, -0.25) is 0 Å². The maximum Gasteiger partial charge on any atom is 0.119 e. The van der Waals surface area contributed by atoms with Gasteiger partial charge in [0.1, 0.15) is 5.75 Å². The highest BCUT2D eigenvalue weighted by Gasteiger charge is 2.44. The molecule has 0 unspecified atom stereocenters. The average molecular weight is 370 g/mol. The monoisotopic (exact) mass is 369 g/mol. The number of hydrogen-bond acceptors (Lipinski definition) is 4. The molecule has 0 aliphatic heterocycles. The third-order valence-electron chi connectivity index (χ3n) is 5.55. The summed E-state index contributed by atoms with van der Waals surface area (Å²) in [7, 11) is 5.77. The molecule has 4 heteroatoms. The Hall–Kier alpha value is -1.88. The summed E-state index contributed by atoms with van der Waals surface area (Å²) < 4.78 is 11.6. The summed E-state index contributed by atoms with van der Waals surface area (Å²) in [5.41, 5.74) is 1.27. The topological polar surface area (TPSA) is 41.9 Å². The lowest BCUT2D eigenvalue weighted by atomic mass is 9.70. The van der Waals surface area contributed by atoms with Crippen LogP contribution in [0.2, 0.25) is 0 Å². The predicted octanol–water partition coefficient (Wildman–Crippen LogP) is 3.83. The SMILES string of the molecule is COc1cccc([C@@]2(O)CC[C@H](OCc3ccccc3)C[C@@H]2CN(C)C)c1. The second-order valence-electron chi connectivity index (χ2n) is 7.81. The lowest BCUT2D eigenvalue weighted by molar-refractivity contribution is -0.110. The molecule has 0 spiro atoms. The van der Waals surface area contributed by atoms with Crippen LogP contribution < -0.4 is 4.74 Å². The average Bonchev–Trinajstić information content (AvgIpc) is 2.69. The quantitative estimate of drug-likeness (QED) is 0.805. The number of methoxy groups -OCH3 is 1. The molecule has 1 saturated carbocycles. The Kier molecular flexibility index (Phi) is 6.53. The number of rotatable bonds is 7. The molecule has 2 aromatic carbocycles. The molecule has 146 valence electrons. The summed E-state index contributed by atoms with van der Waals surface area (Å²) >= 11 is 0. The van der Waals surface area contributed by atoms with E-state index in [0.717, 1.165) is 30.7 Å². The van der Waals surface area contributed by atoms with Gasteiger partial charge >= 0.3 is 0 Å². The molecule has 3 atom stereocenters. The molecule has 0 amide bonds. The Morgan fingerprint density at radius 3 is 2.59 bits per heavy atom. The van der Waals surface area contributed by atoms with E-state index in [2.05, 4.69) is 31.1 Å². The fourth-order valence-electron chi connectivity index (χ4n) is 4.09. The van der Waals surface area contributed by atoms with Gasteiger partial charge in [-0.25, -0.2) is 0 Å². The van der Waals surface area contributed by atoms with Gasteiger partial charge in [-0.1, -0.05) is 42.5 Å². The molecule has 1 aliphatic rings. The molecule has 3 rings (SSSR count). The van der Waals surface area contributed by atoms with E-state index in [9.17, 15) is 5.11 Å². The van der Waals surface area contributed by atoms with Crippen molar-refractivity contribution in [2.75, 3.05) is 27.7 Å². The van der Waals surface area contributed by atoms with Crippen molar-refractivity contribution in [3.63, 3.8) is 0 Å². The summed E-state index contributed by atoms with van der Waals surface area (Å²) in [4.78, 5) is 2.15. The van der Waals surface area contributed by atoms with Gasteiger partial charge in [-0.2, -0.15) is 0 Å². The highest BCUT2D eigenvalue weighted by molar-refractivity contribution is 5.33. The van der Waals surface area contributed by atoms with Crippen molar-refractivity contribution in [1.82, 2.24) is 4.90 Å². The Morgan fingerprint density at radius 2 is 1.89 bits per heavy atom. The molecular weight excluding hydrogens is 338 g/mol. The molecule has 1 N–H and O–H groups in total. The molecule has 0 bridgehead atoms. The minimum Gasteiger partial charge on any atom is -0.497 e. The van der Waals surface area contributed by atoms with Crippen LogP contribution in [0.1, 0.15) is 30.4 Å². The molecular formula is C23H31NO3. The van der Waals surface area contributed by atoms with Crippen molar-refractivity contribution in [1.29, 1.82) is 0 Å². The molecule has 4 nitrogen and oxygen atoms in total. The van der Waals surface area contributed by atoms with Crippen molar-refractivity contribution >= 4 is 0 Å². The highest BCUT2D eigenvalue weighted by atomic mass is 16.5. The Morgan fingerprint density at radius 1 is 1.11 bits per heavy atom. The molecule has 2 aromatic rings. The normalized spacial score (nSPS) is 25.5. The largest absolute Gasteiger partial charge is 0.497 e. The van der Waals surface area contributed by atoms with Gasteiger partial charge in [-0.15, -0.1) is 0 Å². The summed E-state index contributed by atoms with van der Waals surface area (Å²) in [6, 6.07) is 18.1. The zero-order valence-electron chi connectivity index (χ0n) is 16.6. The number of ether oxygens (including phenoxy) is 2. The zero-order chi connectivity index (χ0) is 19.3. The highest BCUT2D eigenvalue weighted by Crippen LogP contribution is 2.43. The van der Waals surface area contributed by atoms with Crippen molar-refractivity contribution in [2.24, 2.45) is 5.92 Å². The van der Waals surface area contributed by atoms with Gasteiger partial charge in [0.25, 0.3) is 0 Å². The third kappa shape index (κ3) is 4.89. The van der Waals surface area contributed by atoms with Crippen LogP contribution in [0.15, 0.2) is 54.6 Å². The van der Waals surface area contributed by atoms with Crippen LogP contribution in [-0.2, 0) is 16.9 Å². The fourth-order valence-corrected chi connectivity index (χ4v) is 4.09. The first-order valence-corrected chi connectivity index (χ1v) is 9.68. The molecule has 27 heavy (non-hydrogen) atoms. The van der Waals surface area contributed by atoms with Crippen molar-refractivity contribution < 1.29 is 14.6 Å². The first-order valence-electron chi connectivity index (χ1n) is 9.68. The van der Waals surface area contributed by atoms with Gasteiger partial charge < -0.3 is 19.5 Å². The van der Waals surface area contributed by atoms with Crippen LogP contribution in [-0.4, -0.2) is 43.9 Å². The summed E-state index contributed by atoms with van der Waals surface area (Å²) in [5.74, 6) is 0.890. The Labute approximate surface area is 162 Å². The zero-order valence-corrected chi connectivity index (χ0v) is 16.6. The standard InChI is InChI=1S/C23H31NO3/c1-24(2)16-20-15-22(27-17-18-8-5-4-6-9-18)12-13-23(20,25)19-10-7-11-21(14-19)26-3/h4-11,14,20,22,25H,12-13,15-17H2,1-3H3/t20-,22+,23+/m1/s1. The van der Waals surface area contributed by atoms with Crippen LogP contribution in [0.25, 0.3) is 0 Å². The van der Waals surface area contributed by atoms with E-state index < -0.39 is 5.60 Å².